The molecular weight excluding hydrogens is 338 g/mol. The van der Waals surface area contributed by atoms with Crippen molar-refractivity contribution < 1.29 is 29.0 Å². The molecule has 0 aliphatic carbocycles. The maximum absolute atomic E-state index is 12.8. The molecule has 0 aromatic carbocycles. The molecule has 0 radical (unpaired) electrons. The molecule has 3 unspecified atom stereocenters. The Kier molecular flexibility index (Phi) is 6.36. The number of ether oxygens (including phenoxy) is 2. The third kappa shape index (κ3) is 4.40. The monoisotopic (exact) mass is 365 g/mol. The van der Waals surface area contributed by atoms with E-state index in [1.165, 1.54) is 6.92 Å². The van der Waals surface area contributed by atoms with E-state index in [-0.39, 0.29) is 24.4 Å². The van der Waals surface area contributed by atoms with Gasteiger partial charge in [-0.15, -0.1) is 0 Å². The van der Waals surface area contributed by atoms with E-state index in [0.29, 0.717) is 25.1 Å². The van der Waals surface area contributed by atoms with Gasteiger partial charge < -0.3 is 19.5 Å². The van der Waals surface area contributed by atoms with Gasteiger partial charge in [0.05, 0.1) is 0 Å². The van der Waals surface area contributed by atoms with Gasteiger partial charge in [-0.3, -0.25) is 4.79 Å². The first-order valence-electron chi connectivity index (χ1n) is 8.84. The topological polar surface area (TPSA) is 93.1 Å². The maximum atomic E-state index is 12.8. The molecule has 0 aromatic rings. The van der Waals surface area contributed by atoms with E-state index in [9.17, 15) is 19.5 Å². The number of carbonyl (C=O) groups is 3. The maximum Gasteiger partial charge on any atom is 0.338 e. The van der Waals surface area contributed by atoms with E-state index in [1.54, 1.807) is 26.0 Å². The highest BCUT2D eigenvalue weighted by Gasteiger charge is 2.40. The highest BCUT2D eigenvalue weighted by atomic mass is 16.6. The summed E-state index contributed by atoms with van der Waals surface area (Å²) in [6.07, 6.45) is 2.86. The van der Waals surface area contributed by atoms with Crippen molar-refractivity contribution in [2.75, 3.05) is 26.7 Å². The van der Waals surface area contributed by atoms with Gasteiger partial charge in [0.15, 0.2) is 11.7 Å². The number of esters is 2. The number of fused-ring (bicyclic) bond motifs is 2. The molecule has 2 aliphatic rings. The van der Waals surface area contributed by atoms with Crippen LogP contribution in [0, 0.1) is 5.92 Å². The van der Waals surface area contributed by atoms with Crippen LogP contribution in [0.4, 0.5) is 0 Å². The van der Waals surface area contributed by atoms with Gasteiger partial charge >= 0.3 is 11.9 Å². The Hall–Kier alpha value is -1.99. The zero-order chi connectivity index (χ0) is 19.5. The van der Waals surface area contributed by atoms with Gasteiger partial charge in [0, 0.05) is 30.7 Å². The standard InChI is InChI=1S/C19H27NO6/c1-5-13-10-12(2)19(3,24)18(23)25-11-14-6-8-20(4)9-7-15(16(14)21)26-17(13)22/h5-6,12,15,24H,7-11H2,1-4H3. The average Bonchev–Trinajstić information content (AvgIpc) is 2.59. The van der Waals surface area contributed by atoms with Gasteiger partial charge in [-0.2, -0.15) is 0 Å². The van der Waals surface area contributed by atoms with Gasteiger partial charge in [-0.05, 0) is 33.2 Å². The summed E-state index contributed by atoms with van der Waals surface area (Å²) < 4.78 is 10.7. The van der Waals surface area contributed by atoms with E-state index >= 15 is 0 Å². The Morgan fingerprint density at radius 1 is 1.35 bits per heavy atom. The molecule has 3 atom stereocenters. The predicted octanol–water partition coefficient (Wildman–Crippen LogP) is 1.01. The fourth-order valence-corrected chi connectivity index (χ4v) is 2.92. The number of rotatable bonds is 0. The van der Waals surface area contributed by atoms with Gasteiger partial charge in [0.1, 0.15) is 6.61 Å². The highest BCUT2D eigenvalue weighted by Crippen LogP contribution is 2.27. The van der Waals surface area contributed by atoms with E-state index < -0.39 is 29.6 Å². The number of ketones is 1. The number of aliphatic hydroxyl groups is 1. The fraction of sp³-hybridized carbons (Fsp3) is 0.632. The lowest BCUT2D eigenvalue weighted by Gasteiger charge is -2.31. The molecule has 0 saturated carbocycles. The minimum Gasteiger partial charge on any atom is -0.459 e. The SMILES string of the molecule is CC=C1CC(C)C(C)(O)C(=O)OCC2=CCN(C)CCC(OC1=O)C2=O. The first kappa shape index (κ1) is 20.3. The van der Waals surface area contributed by atoms with Crippen molar-refractivity contribution in [1.29, 1.82) is 0 Å². The second-order valence-corrected chi connectivity index (χ2v) is 7.18. The van der Waals surface area contributed by atoms with Crippen LogP contribution in [0.25, 0.3) is 0 Å². The highest BCUT2D eigenvalue weighted by molar-refractivity contribution is 6.01. The fourth-order valence-electron chi connectivity index (χ4n) is 2.92. The van der Waals surface area contributed by atoms with Crippen LogP contribution < -0.4 is 0 Å². The zero-order valence-electron chi connectivity index (χ0n) is 15.8. The Morgan fingerprint density at radius 2 is 2.04 bits per heavy atom. The van der Waals surface area contributed by atoms with Crippen molar-refractivity contribution in [3.63, 3.8) is 0 Å². The second-order valence-electron chi connectivity index (χ2n) is 7.18. The van der Waals surface area contributed by atoms with Crippen LogP contribution in [0.15, 0.2) is 23.3 Å². The van der Waals surface area contributed by atoms with Crippen LogP contribution in [0.3, 0.4) is 0 Å². The summed E-state index contributed by atoms with van der Waals surface area (Å²) >= 11 is 0. The molecule has 1 N–H and O–H groups in total. The van der Waals surface area contributed by atoms with Crippen LogP contribution in [-0.4, -0.2) is 66.2 Å². The van der Waals surface area contributed by atoms with Crippen LogP contribution >= 0.6 is 0 Å². The van der Waals surface area contributed by atoms with Crippen molar-refractivity contribution in [1.82, 2.24) is 4.90 Å². The molecule has 144 valence electrons. The molecule has 0 amide bonds. The van der Waals surface area contributed by atoms with Crippen LogP contribution in [-0.2, 0) is 23.9 Å². The van der Waals surface area contributed by atoms with Gasteiger partial charge in [-0.1, -0.05) is 19.1 Å². The summed E-state index contributed by atoms with van der Waals surface area (Å²) in [6, 6.07) is 0. The smallest absolute Gasteiger partial charge is 0.338 e. The van der Waals surface area contributed by atoms with Gasteiger partial charge in [0.25, 0.3) is 0 Å². The molecule has 2 bridgehead atoms. The van der Waals surface area contributed by atoms with Crippen molar-refractivity contribution in [2.24, 2.45) is 5.92 Å². The number of nitrogens with zero attached hydrogens (tertiary/aromatic N) is 1. The molecule has 2 heterocycles. The number of allylic oxidation sites excluding steroid dienone is 1. The lowest BCUT2D eigenvalue weighted by molar-refractivity contribution is -0.169. The second kappa shape index (κ2) is 8.14. The minimum atomic E-state index is -1.78. The Bertz CT molecular complexity index is 648. The Labute approximate surface area is 153 Å². The quantitative estimate of drug-likeness (QED) is 0.506. The molecule has 7 nitrogen and oxygen atoms in total. The predicted molar refractivity (Wildman–Crippen MR) is 94.2 cm³/mol. The van der Waals surface area contributed by atoms with Gasteiger partial charge in [-0.25, -0.2) is 9.59 Å². The van der Waals surface area contributed by atoms with E-state index in [1.807, 2.05) is 11.9 Å². The number of Topliss-reactive ketones (excluding diaryl/α,β-unsaturated/α-hetero) is 1. The first-order valence-corrected chi connectivity index (χ1v) is 8.84. The number of likely N-dealkylation sites (N-methyl/N-ethyl adjacent to an activating group) is 1. The molecule has 26 heavy (non-hydrogen) atoms. The van der Waals surface area contributed by atoms with E-state index in [0.717, 1.165) is 0 Å². The summed E-state index contributed by atoms with van der Waals surface area (Å²) in [5, 5.41) is 10.6. The number of carbonyl (C=O) groups excluding carboxylic acids is 3. The molecule has 7 heteroatoms. The molecular formula is C19H27NO6. The van der Waals surface area contributed by atoms with Crippen molar-refractivity contribution in [2.45, 2.75) is 45.3 Å². The molecule has 1 saturated heterocycles. The van der Waals surface area contributed by atoms with Gasteiger partial charge in [0.2, 0.25) is 5.78 Å². The lowest BCUT2D eigenvalue weighted by Crippen LogP contribution is -2.45. The Balaban J connectivity index is 2.42. The van der Waals surface area contributed by atoms with Crippen molar-refractivity contribution >= 4 is 17.7 Å². The Morgan fingerprint density at radius 3 is 2.69 bits per heavy atom. The summed E-state index contributed by atoms with van der Waals surface area (Å²) in [6.45, 7) is 5.58. The molecule has 2 rings (SSSR count). The minimum absolute atomic E-state index is 0.140. The summed E-state index contributed by atoms with van der Waals surface area (Å²) in [7, 11) is 1.89. The summed E-state index contributed by atoms with van der Waals surface area (Å²) in [5.74, 6) is -2.32. The van der Waals surface area contributed by atoms with Crippen molar-refractivity contribution in [3.05, 3.63) is 23.3 Å². The number of cyclic esters (lactones) is 1. The lowest BCUT2D eigenvalue weighted by atomic mass is 9.85. The summed E-state index contributed by atoms with van der Waals surface area (Å²) in [5.41, 5.74) is -1.19. The molecule has 0 aromatic heterocycles. The van der Waals surface area contributed by atoms with Crippen LogP contribution in [0.1, 0.15) is 33.6 Å². The largest absolute Gasteiger partial charge is 0.459 e. The van der Waals surface area contributed by atoms with E-state index in [4.69, 9.17) is 9.47 Å². The average molecular weight is 365 g/mol. The number of hydrogen-bond donors (Lipinski definition) is 1. The third-order valence-electron chi connectivity index (χ3n) is 5.15. The first-order chi connectivity index (χ1) is 12.2. The third-order valence-corrected chi connectivity index (χ3v) is 5.15. The number of hydrogen-bond acceptors (Lipinski definition) is 7. The zero-order valence-corrected chi connectivity index (χ0v) is 15.8. The normalized spacial score (nSPS) is 34.0. The van der Waals surface area contributed by atoms with E-state index in [2.05, 4.69) is 0 Å². The molecule has 2 aliphatic heterocycles. The molecule has 0 spiro atoms. The van der Waals surface area contributed by atoms with Crippen LogP contribution in [0.2, 0.25) is 0 Å². The van der Waals surface area contributed by atoms with Crippen LogP contribution in [0.5, 0.6) is 0 Å². The summed E-state index contributed by atoms with van der Waals surface area (Å²) in [4.78, 5) is 39.7. The molecule has 1 fully saturated rings. The van der Waals surface area contributed by atoms with Crippen molar-refractivity contribution in [3.8, 4) is 0 Å².